The van der Waals surface area contributed by atoms with Crippen LogP contribution < -0.4 is 0 Å². The highest BCUT2D eigenvalue weighted by Gasteiger charge is 2.18. The molecule has 0 aliphatic carbocycles. The van der Waals surface area contributed by atoms with Crippen LogP contribution in [0.2, 0.25) is 5.02 Å². The molecule has 1 aromatic rings. The van der Waals surface area contributed by atoms with Gasteiger partial charge in [0.15, 0.2) is 5.78 Å². The zero-order valence-electron chi connectivity index (χ0n) is 12.3. The van der Waals surface area contributed by atoms with Gasteiger partial charge in [0.2, 0.25) is 0 Å². The van der Waals surface area contributed by atoms with E-state index >= 15 is 0 Å². The number of hydrogen-bond acceptors (Lipinski definition) is 2. The van der Waals surface area contributed by atoms with Crippen LogP contribution in [0.5, 0.6) is 0 Å². The molecule has 1 atom stereocenters. The van der Waals surface area contributed by atoms with Crippen LogP contribution in [0.15, 0.2) is 24.3 Å². The van der Waals surface area contributed by atoms with Gasteiger partial charge in [-0.15, -0.1) is 0 Å². The predicted octanol–water partition coefficient (Wildman–Crippen LogP) is 5.08. The Hall–Kier alpha value is -0.860. The minimum atomic E-state index is -1.08. The van der Waals surface area contributed by atoms with E-state index in [1.54, 1.807) is 24.3 Å². The van der Waals surface area contributed by atoms with Gasteiger partial charge in [-0.2, -0.15) is 0 Å². The first-order valence-electron chi connectivity index (χ1n) is 7.62. The second kappa shape index (κ2) is 9.95. The van der Waals surface area contributed by atoms with Crippen molar-refractivity contribution < 1.29 is 9.90 Å². The van der Waals surface area contributed by atoms with Gasteiger partial charge >= 0.3 is 0 Å². The number of ketones is 1. The van der Waals surface area contributed by atoms with Crippen LogP contribution in [0.25, 0.3) is 0 Å². The molecule has 0 saturated carbocycles. The first-order chi connectivity index (χ1) is 9.66. The summed E-state index contributed by atoms with van der Waals surface area (Å²) in [6.45, 7) is 2.20. The summed E-state index contributed by atoms with van der Waals surface area (Å²) in [5.41, 5.74) is 0.516. The van der Waals surface area contributed by atoms with Crippen LogP contribution in [0, 0.1) is 0 Å². The molecule has 1 unspecified atom stereocenters. The molecule has 2 nitrogen and oxygen atoms in total. The van der Waals surface area contributed by atoms with Crippen molar-refractivity contribution in [3.05, 3.63) is 34.9 Å². The molecule has 1 rings (SSSR count). The molecule has 0 bridgehead atoms. The van der Waals surface area contributed by atoms with E-state index in [4.69, 9.17) is 11.6 Å². The van der Waals surface area contributed by atoms with Crippen LogP contribution in [0.1, 0.15) is 70.0 Å². The molecule has 0 fully saturated rings. The molecule has 0 aromatic heterocycles. The van der Waals surface area contributed by atoms with E-state index in [0.29, 0.717) is 17.0 Å². The molecular weight excluding hydrogens is 272 g/mol. The van der Waals surface area contributed by atoms with Gasteiger partial charge in [0.1, 0.15) is 6.10 Å². The Morgan fingerprint density at radius 3 is 2.35 bits per heavy atom. The van der Waals surface area contributed by atoms with Gasteiger partial charge in [0.05, 0.1) is 0 Å². The summed E-state index contributed by atoms with van der Waals surface area (Å²) in [6, 6.07) is 6.97. The highest BCUT2D eigenvalue weighted by molar-refractivity contribution is 6.31. The van der Waals surface area contributed by atoms with E-state index in [9.17, 15) is 9.90 Å². The van der Waals surface area contributed by atoms with Crippen molar-refractivity contribution >= 4 is 17.4 Å². The number of rotatable bonds is 10. The molecule has 0 saturated heterocycles. The second-order valence-electron chi connectivity index (χ2n) is 5.26. The van der Waals surface area contributed by atoms with Gasteiger partial charge in [-0.25, -0.2) is 0 Å². The Balaban J connectivity index is 2.24. The number of aliphatic hydroxyl groups excluding tert-OH is 1. The number of carbonyl (C=O) groups is 1. The van der Waals surface area contributed by atoms with Crippen LogP contribution in [0.4, 0.5) is 0 Å². The average molecular weight is 297 g/mol. The lowest BCUT2D eigenvalue weighted by Crippen LogP contribution is -2.12. The van der Waals surface area contributed by atoms with Crippen molar-refractivity contribution in [1.82, 2.24) is 0 Å². The number of carbonyl (C=O) groups excluding carboxylic acids is 1. The third-order valence-corrected chi connectivity index (χ3v) is 3.88. The first kappa shape index (κ1) is 17.2. The van der Waals surface area contributed by atoms with Gasteiger partial charge in [-0.1, -0.05) is 75.2 Å². The number of hydrogen-bond donors (Lipinski definition) is 1. The summed E-state index contributed by atoms with van der Waals surface area (Å²) in [7, 11) is 0. The van der Waals surface area contributed by atoms with E-state index in [2.05, 4.69) is 6.92 Å². The van der Waals surface area contributed by atoms with Crippen molar-refractivity contribution in [2.24, 2.45) is 0 Å². The minimum absolute atomic E-state index is 0.133. The number of unbranched alkanes of at least 4 members (excludes halogenated alkanes) is 6. The van der Waals surface area contributed by atoms with Crippen molar-refractivity contribution in [2.75, 3.05) is 0 Å². The number of aliphatic hydroxyl groups is 1. The molecule has 0 heterocycles. The second-order valence-corrected chi connectivity index (χ2v) is 5.67. The van der Waals surface area contributed by atoms with E-state index in [1.807, 2.05) is 0 Å². The summed E-state index contributed by atoms with van der Waals surface area (Å²) in [5.74, 6) is -0.133. The maximum absolute atomic E-state index is 11.9. The Bertz CT molecular complexity index is 404. The molecule has 0 spiro atoms. The molecule has 0 radical (unpaired) electrons. The smallest absolute Gasteiger partial charge is 0.165 e. The summed E-state index contributed by atoms with van der Waals surface area (Å²) in [4.78, 5) is 11.9. The molecule has 3 heteroatoms. The Labute approximate surface area is 127 Å². The van der Waals surface area contributed by atoms with Crippen LogP contribution in [-0.4, -0.2) is 10.9 Å². The maximum atomic E-state index is 11.9. The highest BCUT2D eigenvalue weighted by Crippen LogP contribution is 2.24. The monoisotopic (exact) mass is 296 g/mol. The molecule has 0 amide bonds. The quantitative estimate of drug-likeness (QED) is 0.611. The molecule has 20 heavy (non-hydrogen) atoms. The van der Waals surface area contributed by atoms with E-state index in [1.165, 1.54) is 32.1 Å². The van der Waals surface area contributed by atoms with Crippen LogP contribution in [0.3, 0.4) is 0 Å². The first-order valence-corrected chi connectivity index (χ1v) is 7.99. The van der Waals surface area contributed by atoms with E-state index in [-0.39, 0.29) is 5.78 Å². The molecule has 1 N–H and O–H groups in total. The Morgan fingerprint density at radius 1 is 1.10 bits per heavy atom. The van der Waals surface area contributed by atoms with Crippen LogP contribution in [-0.2, 0) is 4.79 Å². The lowest BCUT2D eigenvalue weighted by atomic mass is 10.0. The zero-order chi connectivity index (χ0) is 14.8. The number of halogens is 1. The maximum Gasteiger partial charge on any atom is 0.165 e. The molecule has 112 valence electrons. The van der Waals surface area contributed by atoms with Crippen molar-refractivity contribution in [3.63, 3.8) is 0 Å². The number of benzene rings is 1. The normalized spacial score (nSPS) is 12.3. The molecule has 0 aliphatic heterocycles. The lowest BCUT2D eigenvalue weighted by Gasteiger charge is -2.11. The fourth-order valence-electron chi connectivity index (χ4n) is 2.26. The summed E-state index contributed by atoms with van der Waals surface area (Å²) in [5, 5.41) is 10.5. The Morgan fingerprint density at radius 2 is 1.70 bits per heavy atom. The fraction of sp³-hybridized carbons (Fsp3) is 0.588. The SMILES string of the molecule is CCCCCCCCCC(=O)C(O)c1ccccc1Cl. The average Bonchev–Trinajstić information content (AvgIpc) is 2.46. The highest BCUT2D eigenvalue weighted by atomic mass is 35.5. The van der Waals surface area contributed by atoms with Crippen LogP contribution >= 0.6 is 11.6 Å². The van der Waals surface area contributed by atoms with Crippen molar-refractivity contribution in [1.29, 1.82) is 0 Å². The van der Waals surface area contributed by atoms with Gasteiger partial charge in [0, 0.05) is 17.0 Å². The van der Waals surface area contributed by atoms with E-state index in [0.717, 1.165) is 12.8 Å². The standard InChI is InChI=1S/C17H25ClO2/c1-2-3-4-5-6-7-8-13-16(19)17(20)14-11-9-10-12-15(14)18/h9-12,17,20H,2-8,13H2,1H3. The zero-order valence-corrected chi connectivity index (χ0v) is 13.0. The Kier molecular flexibility index (Phi) is 8.56. The summed E-state index contributed by atoms with van der Waals surface area (Å²) in [6.07, 6.45) is 7.52. The van der Waals surface area contributed by atoms with Gasteiger partial charge in [-0.05, 0) is 12.5 Å². The van der Waals surface area contributed by atoms with Crippen molar-refractivity contribution in [2.45, 2.75) is 64.4 Å². The molecular formula is C17H25ClO2. The largest absolute Gasteiger partial charge is 0.380 e. The van der Waals surface area contributed by atoms with Gasteiger partial charge in [-0.3, -0.25) is 4.79 Å². The fourth-order valence-corrected chi connectivity index (χ4v) is 2.50. The summed E-state index contributed by atoms with van der Waals surface area (Å²) < 4.78 is 0. The van der Waals surface area contributed by atoms with Gasteiger partial charge < -0.3 is 5.11 Å². The third kappa shape index (κ3) is 6.06. The number of Topliss-reactive ketones (excluding diaryl/α,β-unsaturated/α-hetero) is 1. The summed E-state index contributed by atoms with van der Waals surface area (Å²) >= 11 is 5.98. The van der Waals surface area contributed by atoms with Crippen molar-refractivity contribution in [3.8, 4) is 0 Å². The molecule has 0 aliphatic rings. The molecule has 1 aromatic carbocycles. The lowest BCUT2D eigenvalue weighted by molar-refractivity contribution is -0.127. The van der Waals surface area contributed by atoms with E-state index < -0.39 is 6.10 Å². The van der Waals surface area contributed by atoms with Gasteiger partial charge in [0.25, 0.3) is 0 Å². The third-order valence-electron chi connectivity index (χ3n) is 3.53. The minimum Gasteiger partial charge on any atom is -0.380 e. The topological polar surface area (TPSA) is 37.3 Å². The predicted molar refractivity (Wildman–Crippen MR) is 84.0 cm³/mol.